The molecule has 0 bridgehead atoms. The minimum atomic E-state index is -0.347. The summed E-state index contributed by atoms with van der Waals surface area (Å²) in [5.74, 6) is 1.21. The molecule has 0 fully saturated rings. The standard InChI is InChI=1S/C19H21FN4O2S/c1-12(2)10-24-18(16-5-4-8-26-16)22-23-19(24)27-11-17(25)21-14-7-6-13(3)15(20)9-14/h4-9,12H,10-11H2,1-3H3,(H,21,25). The van der Waals surface area contributed by atoms with E-state index in [4.69, 9.17) is 4.42 Å². The molecule has 0 aliphatic rings. The van der Waals surface area contributed by atoms with Crippen LogP contribution >= 0.6 is 11.8 Å². The highest BCUT2D eigenvalue weighted by molar-refractivity contribution is 7.99. The number of halogens is 1. The Bertz CT molecular complexity index is 922. The number of hydrogen-bond donors (Lipinski definition) is 1. The van der Waals surface area contributed by atoms with E-state index in [1.54, 1.807) is 31.4 Å². The van der Waals surface area contributed by atoms with Crippen LogP contribution in [0, 0.1) is 18.7 Å². The molecule has 0 unspecified atom stereocenters. The molecular weight excluding hydrogens is 367 g/mol. The van der Waals surface area contributed by atoms with Gasteiger partial charge in [0.05, 0.1) is 12.0 Å². The number of carbonyl (C=O) groups is 1. The van der Waals surface area contributed by atoms with E-state index in [0.29, 0.717) is 40.5 Å². The Labute approximate surface area is 161 Å². The molecule has 0 spiro atoms. The minimum absolute atomic E-state index is 0.143. The Kier molecular flexibility index (Phi) is 5.95. The van der Waals surface area contributed by atoms with Crippen LogP contribution < -0.4 is 5.32 Å². The van der Waals surface area contributed by atoms with Crippen molar-refractivity contribution in [2.45, 2.75) is 32.5 Å². The number of benzene rings is 1. The van der Waals surface area contributed by atoms with Crippen molar-refractivity contribution in [2.75, 3.05) is 11.1 Å². The zero-order valence-electron chi connectivity index (χ0n) is 15.4. The van der Waals surface area contributed by atoms with Crippen LogP contribution in [0.5, 0.6) is 0 Å². The largest absolute Gasteiger partial charge is 0.461 e. The summed E-state index contributed by atoms with van der Waals surface area (Å²) in [5.41, 5.74) is 0.971. The van der Waals surface area contributed by atoms with Gasteiger partial charge in [-0.15, -0.1) is 10.2 Å². The van der Waals surface area contributed by atoms with Gasteiger partial charge in [0.15, 0.2) is 16.7 Å². The van der Waals surface area contributed by atoms with Gasteiger partial charge in [-0.3, -0.25) is 9.36 Å². The van der Waals surface area contributed by atoms with E-state index in [1.165, 1.54) is 17.8 Å². The molecule has 3 rings (SSSR count). The number of aromatic nitrogens is 3. The molecule has 0 atom stereocenters. The van der Waals surface area contributed by atoms with Gasteiger partial charge < -0.3 is 9.73 Å². The van der Waals surface area contributed by atoms with Gasteiger partial charge in [-0.05, 0) is 42.7 Å². The van der Waals surface area contributed by atoms with Gasteiger partial charge >= 0.3 is 0 Å². The molecule has 1 amide bonds. The van der Waals surface area contributed by atoms with Gasteiger partial charge in [0, 0.05) is 12.2 Å². The molecule has 0 aliphatic carbocycles. The van der Waals surface area contributed by atoms with Gasteiger partial charge in [0.25, 0.3) is 0 Å². The van der Waals surface area contributed by atoms with Gasteiger partial charge in [-0.2, -0.15) is 0 Å². The summed E-state index contributed by atoms with van der Waals surface area (Å²) in [6.45, 7) is 6.57. The van der Waals surface area contributed by atoms with Crippen LogP contribution in [0.1, 0.15) is 19.4 Å². The van der Waals surface area contributed by atoms with Gasteiger partial charge in [-0.25, -0.2) is 4.39 Å². The SMILES string of the molecule is Cc1ccc(NC(=O)CSc2nnc(-c3ccco3)n2CC(C)C)cc1F. The first-order valence-electron chi connectivity index (χ1n) is 8.60. The first-order valence-corrected chi connectivity index (χ1v) is 9.58. The number of carbonyl (C=O) groups excluding carboxylic acids is 1. The Morgan fingerprint density at radius 3 is 2.81 bits per heavy atom. The molecule has 0 saturated heterocycles. The lowest BCUT2D eigenvalue weighted by molar-refractivity contribution is -0.113. The Balaban J connectivity index is 1.69. The fourth-order valence-corrected chi connectivity index (χ4v) is 3.26. The lowest BCUT2D eigenvalue weighted by Gasteiger charge is -2.11. The fraction of sp³-hybridized carbons (Fsp3) is 0.316. The maximum absolute atomic E-state index is 13.6. The summed E-state index contributed by atoms with van der Waals surface area (Å²) in [5, 5.41) is 11.8. The van der Waals surface area contributed by atoms with Crippen LogP contribution in [0.3, 0.4) is 0 Å². The number of nitrogens with zero attached hydrogens (tertiary/aromatic N) is 3. The van der Waals surface area contributed by atoms with Gasteiger partial charge in [0.1, 0.15) is 5.82 Å². The second-order valence-electron chi connectivity index (χ2n) is 6.59. The number of hydrogen-bond acceptors (Lipinski definition) is 5. The molecule has 1 N–H and O–H groups in total. The minimum Gasteiger partial charge on any atom is -0.461 e. The summed E-state index contributed by atoms with van der Waals surface area (Å²) in [6.07, 6.45) is 1.59. The lowest BCUT2D eigenvalue weighted by atomic mass is 10.2. The smallest absolute Gasteiger partial charge is 0.234 e. The number of furan rings is 1. The van der Waals surface area contributed by atoms with E-state index >= 15 is 0 Å². The number of rotatable bonds is 7. The second-order valence-corrected chi connectivity index (χ2v) is 7.53. The third kappa shape index (κ3) is 4.77. The molecule has 1 aromatic carbocycles. The molecule has 3 aromatic rings. The van der Waals surface area contributed by atoms with E-state index < -0.39 is 0 Å². The van der Waals surface area contributed by atoms with Crippen molar-refractivity contribution in [3.8, 4) is 11.6 Å². The molecular formula is C19H21FN4O2S. The average molecular weight is 388 g/mol. The molecule has 142 valence electrons. The average Bonchev–Trinajstić information content (AvgIpc) is 3.26. The first-order chi connectivity index (χ1) is 12.9. The van der Waals surface area contributed by atoms with E-state index in [-0.39, 0.29) is 17.5 Å². The predicted octanol–water partition coefficient (Wildman–Crippen LogP) is 4.37. The molecule has 2 aromatic heterocycles. The first kappa shape index (κ1) is 19.2. The summed E-state index contributed by atoms with van der Waals surface area (Å²) in [4.78, 5) is 12.2. The van der Waals surface area contributed by atoms with Crippen LogP contribution in [-0.2, 0) is 11.3 Å². The summed E-state index contributed by atoms with van der Waals surface area (Å²) >= 11 is 1.28. The molecule has 8 heteroatoms. The van der Waals surface area contributed by atoms with Crippen LogP contribution in [-0.4, -0.2) is 26.4 Å². The topological polar surface area (TPSA) is 73.0 Å². The summed E-state index contributed by atoms with van der Waals surface area (Å²) in [6, 6.07) is 8.25. The predicted molar refractivity (Wildman–Crippen MR) is 103 cm³/mol. The maximum atomic E-state index is 13.6. The molecule has 0 saturated carbocycles. The Morgan fingerprint density at radius 1 is 1.33 bits per heavy atom. The van der Waals surface area contributed by atoms with E-state index in [9.17, 15) is 9.18 Å². The third-order valence-electron chi connectivity index (χ3n) is 3.79. The maximum Gasteiger partial charge on any atom is 0.234 e. The Morgan fingerprint density at radius 2 is 2.15 bits per heavy atom. The number of aryl methyl sites for hydroxylation is 1. The highest BCUT2D eigenvalue weighted by Crippen LogP contribution is 2.25. The van der Waals surface area contributed by atoms with Gasteiger partial charge in [0.2, 0.25) is 5.91 Å². The highest BCUT2D eigenvalue weighted by Gasteiger charge is 2.18. The van der Waals surface area contributed by atoms with Crippen molar-refractivity contribution < 1.29 is 13.6 Å². The number of anilines is 1. The number of nitrogens with one attached hydrogen (secondary N) is 1. The van der Waals surface area contributed by atoms with Crippen LogP contribution in [0.25, 0.3) is 11.6 Å². The van der Waals surface area contributed by atoms with Crippen LogP contribution in [0.2, 0.25) is 0 Å². The molecule has 27 heavy (non-hydrogen) atoms. The normalized spacial score (nSPS) is 11.1. The third-order valence-corrected chi connectivity index (χ3v) is 4.76. The summed E-state index contributed by atoms with van der Waals surface area (Å²) in [7, 11) is 0. The quantitative estimate of drug-likeness (QED) is 0.609. The van der Waals surface area contributed by atoms with Gasteiger partial charge in [-0.1, -0.05) is 31.7 Å². The number of thioether (sulfide) groups is 1. The van der Waals surface area contributed by atoms with Crippen LogP contribution in [0.4, 0.5) is 10.1 Å². The molecule has 0 radical (unpaired) electrons. The van der Waals surface area contributed by atoms with Crippen molar-refractivity contribution in [3.63, 3.8) is 0 Å². The molecule has 6 nitrogen and oxygen atoms in total. The van der Waals surface area contributed by atoms with Crippen molar-refractivity contribution in [1.82, 2.24) is 14.8 Å². The van der Waals surface area contributed by atoms with Crippen molar-refractivity contribution >= 4 is 23.4 Å². The number of amides is 1. The molecule has 2 heterocycles. The zero-order chi connectivity index (χ0) is 19.4. The lowest BCUT2D eigenvalue weighted by Crippen LogP contribution is -2.15. The van der Waals surface area contributed by atoms with E-state index in [2.05, 4.69) is 29.4 Å². The summed E-state index contributed by atoms with van der Waals surface area (Å²) < 4.78 is 21.0. The van der Waals surface area contributed by atoms with E-state index in [0.717, 1.165) is 0 Å². The fourth-order valence-electron chi connectivity index (χ4n) is 2.51. The van der Waals surface area contributed by atoms with Crippen molar-refractivity contribution in [1.29, 1.82) is 0 Å². The van der Waals surface area contributed by atoms with E-state index in [1.807, 2.05) is 10.6 Å². The highest BCUT2D eigenvalue weighted by atomic mass is 32.2. The van der Waals surface area contributed by atoms with Crippen molar-refractivity contribution in [3.05, 3.63) is 48.0 Å². The van der Waals surface area contributed by atoms with Crippen LogP contribution in [0.15, 0.2) is 46.2 Å². The zero-order valence-corrected chi connectivity index (χ0v) is 16.2. The Hall–Kier alpha value is -2.61. The monoisotopic (exact) mass is 388 g/mol. The second kappa shape index (κ2) is 8.39. The molecule has 0 aliphatic heterocycles. The van der Waals surface area contributed by atoms with Crippen molar-refractivity contribution in [2.24, 2.45) is 5.92 Å².